The molecule has 0 radical (unpaired) electrons. The van der Waals surface area contributed by atoms with Crippen LogP contribution in [0.3, 0.4) is 0 Å². The van der Waals surface area contributed by atoms with Crippen LogP contribution in [0.1, 0.15) is 24.0 Å². The van der Waals surface area contributed by atoms with Gasteiger partial charge >= 0.3 is 6.18 Å². The molecule has 1 fully saturated rings. The van der Waals surface area contributed by atoms with E-state index >= 15 is 0 Å². The first-order valence-corrected chi connectivity index (χ1v) is 12.3. The van der Waals surface area contributed by atoms with E-state index in [0.29, 0.717) is 37.2 Å². The average molecular weight is 497 g/mol. The zero-order valence-electron chi connectivity index (χ0n) is 18.2. The van der Waals surface area contributed by atoms with Crippen molar-refractivity contribution < 1.29 is 26.7 Å². The highest BCUT2D eigenvalue weighted by Crippen LogP contribution is 2.36. The Morgan fingerprint density at radius 1 is 1.18 bits per heavy atom. The zero-order valence-corrected chi connectivity index (χ0v) is 19.0. The van der Waals surface area contributed by atoms with Gasteiger partial charge in [-0.3, -0.25) is 0 Å². The van der Waals surface area contributed by atoms with E-state index < -0.39 is 21.8 Å². The lowest BCUT2D eigenvalue weighted by Crippen LogP contribution is -2.42. The van der Waals surface area contributed by atoms with Crippen molar-refractivity contribution in [3.63, 3.8) is 0 Å². The van der Waals surface area contributed by atoms with Crippen molar-refractivity contribution in [2.45, 2.75) is 31.7 Å². The summed E-state index contributed by atoms with van der Waals surface area (Å²) < 4.78 is 67.3. The number of aromatic nitrogens is 4. The Labute approximate surface area is 194 Å². The highest BCUT2D eigenvalue weighted by molar-refractivity contribution is 7.88. The fraction of sp³-hybridized carbons (Fsp3) is 0.381. The second kappa shape index (κ2) is 9.31. The van der Waals surface area contributed by atoms with E-state index in [4.69, 9.17) is 0 Å². The largest absolute Gasteiger partial charge is 0.420 e. The molecule has 1 aliphatic heterocycles. The van der Waals surface area contributed by atoms with Crippen molar-refractivity contribution >= 4 is 16.0 Å². The molecule has 9 nitrogen and oxygen atoms in total. The quantitative estimate of drug-likeness (QED) is 0.540. The van der Waals surface area contributed by atoms with Crippen LogP contribution in [0.15, 0.2) is 43.0 Å². The molecule has 34 heavy (non-hydrogen) atoms. The summed E-state index contributed by atoms with van der Waals surface area (Å²) >= 11 is 0. The Balaban J connectivity index is 1.62. The van der Waals surface area contributed by atoms with Crippen LogP contribution in [-0.4, -0.2) is 62.7 Å². The lowest BCUT2D eigenvalue weighted by Gasteiger charge is -2.30. The molecular weight excluding hydrogens is 473 g/mol. The number of hydrogen-bond acceptors (Lipinski definition) is 7. The molecule has 4 rings (SSSR count). The van der Waals surface area contributed by atoms with E-state index in [0.717, 1.165) is 12.5 Å². The van der Waals surface area contributed by atoms with Crippen molar-refractivity contribution in [3.05, 3.63) is 54.1 Å². The van der Waals surface area contributed by atoms with E-state index in [9.17, 15) is 26.7 Å². The number of nitrogens with one attached hydrogen (secondary N) is 1. The lowest BCUT2D eigenvalue weighted by atomic mass is 10.1. The van der Waals surface area contributed by atoms with Gasteiger partial charge in [-0.2, -0.15) is 13.2 Å². The summed E-state index contributed by atoms with van der Waals surface area (Å²) in [6.07, 6.45) is 0.891. The van der Waals surface area contributed by atoms with Crippen LogP contribution < -0.4 is 5.32 Å². The van der Waals surface area contributed by atoms with Crippen molar-refractivity contribution in [2.24, 2.45) is 0 Å². The first-order valence-electron chi connectivity index (χ1n) is 10.5. The van der Waals surface area contributed by atoms with Crippen LogP contribution in [0.25, 0.3) is 17.1 Å². The number of imidazole rings is 1. The molecular formula is C21H23F3N6O3S. The summed E-state index contributed by atoms with van der Waals surface area (Å²) in [5, 5.41) is 12.6. The zero-order chi connectivity index (χ0) is 24.5. The van der Waals surface area contributed by atoms with Crippen LogP contribution >= 0.6 is 0 Å². The van der Waals surface area contributed by atoms with E-state index in [-0.39, 0.29) is 30.0 Å². The molecule has 1 aliphatic rings. The van der Waals surface area contributed by atoms with Gasteiger partial charge in [-0.1, -0.05) is 18.2 Å². The van der Waals surface area contributed by atoms with Crippen molar-refractivity contribution in [1.82, 2.24) is 23.8 Å². The Morgan fingerprint density at radius 2 is 1.88 bits per heavy atom. The molecule has 13 heteroatoms. The van der Waals surface area contributed by atoms with Crippen LogP contribution in [0.5, 0.6) is 0 Å². The number of sulfonamides is 1. The number of para-hydroxylation sites is 1. The highest BCUT2D eigenvalue weighted by atomic mass is 32.2. The number of rotatable bonds is 6. The maximum atomic E-state index is 13.7. The Morgan fingerprint density at radius 3 is 2.53 bits per heavy atom. The molecule has 3 heterocycles. The van der Waals surface area contributed by atoms with Gasteiger partial charge in [0, 0.05) is 37.1 Å². The maximum absolute atomic E-state index is 13.7. The van der Waals surface area contributed by atoms with Gasteiger partial charge in [-0.25, -0.2) is 27.7 Å². The van der Waals surface area contributed by atoms with Gasteiger partial charge in [0.25, 0.3) is 0 Å². The number of halogens is 3. The predicted octanol–water partition coefficient (Wildman–Crippen LogP) is 2.68. The molecule has 0 aliphatic carbocycles. The van der Waals surface area contributed by atoms with Gasteiger partial charge in [0.1, 0.15) is 17.0 Å². The molecule has 0 amide bonds. The number of nitrogens with zero attached hydrogens (tertiary/aromatic N) is 5. The normalized spacial score (nSPS) is 16.0. The SMILES string of the molecule is CS(=O)(=O)N1CCC(Nc2ncc(C(F)(F)F)c(-c3cn(-c4ccccc4CO)cn3)n2)CC1. The molecule has 1 saturated heterocycles. The van der Waals surface area contributed by atoms with Crippen LogP contribution in [-0.2, 0) is 22.8 Å². The summed E-state index contributed by atoms with van der Waals surface area (Å²) in [6.45, 7) is 0.370. The van der Waals surface area contributed by atoms with Gasteiger partial charge in [0.15, 0.2) is 0 Å². The fourth-order valence-corrected chi connectivity index (χ4v) is 4.72. The molecule has 3 aromatic rings. The number of piperidine rings is 1. The minimum atomic E-state index is -4.69. The number of benzene rings is 1. The minimum absolute atomic E-state index is 0.00239. The maximum Gasteiger partial charge on any atom is 0.420 e. The molecule has 182 valence electrons. The summed E-state index contributed by atoms with van der Waals surface area (Å²) in [5.41, 5.74) is -0.225. The van der Waals surface area contributed by atoms with Gasteiger partial charge in [0.2, 0.25) is 16.0 Å². The summed E-state index contributed by atoms with van der Waals surface area (Å²) in [5.74, 6) is 0.00566. The number of aliphatic hydroxyl groups excluding tert-OH is 1. The highest BCUT2D eigenvalue weighted by Gasteiger charge is 2.36. The number of aliphatic hydroxyl groups is 1. The predicted molar refractivity (Wildman–Crippen MR) is 119 cm³/mol. The molecule has 0 spiro atoms. The second-order valence-corrected chi connectivity index (χ2v) is 9.97. The van der Waals surface area contributed by atoms with Crippen molar-refractivity contribution in [2.75, 3.05) is 24.7 Å². The average Bonchev–Trinajstić information content (AvgIpc) is 3.28. The standard InChI is InChI=1S/C21H23F3N6O3S/c1-34(32,33)30-8-6-15(7-9-30)27-20-25-10-16(21(22,23)24)19(28-20)17-11-29(13-26-17)18-5-3-2-4-14(18)12-31/h2-5,10-11,13,15,31H,6-9,12H2,1H3,(H,25,27,28). The van der Waals surface area contributed by atoms with E-state index in [2.05, 4.69) is 20.3 Å². The first-order chi connectivity index (χ1) is 16.1. The minimum Gasteiger partial charge on any atom is -0.392 e. The van der Waals surface area contributed by atoms with Crippen molar-refractivity contribution in [1.29, 1.82) is 0 Å². The third-order valence-corrected chi connectivity index (χ3v) is 6.92. The Bertz CT molecular complexity index is 1270. The van der Waals surface area contributed by atoms with E-state index in [1.807, 2.05) is 0 Å². The topological polar surface area (TPSA) is 113 Å². The van der Waals surface area contributed by atoms with Crippen LogP contribution in [0.2, 0.25) is 0 Å². The Kier molecular flexibility index (Phi) is 6.60. The molecule has 0 atom stereocenters. The number of hydrogen-bond donors (Lipinski definition) is 2. The molecule has 0 saturated carbocycles. The van der Waals surface area contributed by atoms with Gasteiger partial charge in [-0.05, 0) is 18.9 Å². The molecule has 2 aromatic heterocycles. The number of alkyl halides is 3. The third-order valence-electron chi connectivity index (χ3n) is 5.62. The van der Waals surface area contributed by atoms with E-state index in [1.165, 1.54) is 21.4 Å². The van der Waals surface area contributed by atoms with Gasteiger partial charge in [-0.15, -0.1) is 0 Å². The summed E-state index contributed by atoms with van der Waals surface area (Å²) in [6, 6.07) is 6.74. The summed E-state index contributed by atoms with van der Waals surface area (Å²) in [7, 11) is -3.29. The monoisotopic (exact) mass is 496 g/mol. The molecule has 0 unspecified atom stereocenters. The van der Waals surface area contributed by atoms with E-state index in [1.54, 1.807) is 24.3 Å². The van der Waals surface area contributed by atoms with Crippen molar-refractivity contribution in [3.8, 4) is 17.1 Å². The lowest BCUT2D eigenvalue weighted by molar-refractivity contribution is -0.137. The van der Waals surface area contributed by atoms with Crippen LogP contribution in [0, 0.1) is 0 Å². The third kappa shape index (κ3) is 5.21. The number of anilines is 1. The summed E-state index contributed by atoms with van der Waals surface area (Å²) in [4.78, 5) is 12.1. The van der Waals surface area contributed by atoms with Crippen LogP contribution in [0.4, 0.5) is 19.1 Å². The molecule has 1 aromatic carbocycles. The second-order valence-electron chi connectivity index (χ2n) is 7.99. The molecule has 2 N–H and O–H groups in total. The molecule has 0 bridgehead atoms. The fourth-order valence-electron chi connectivity index (χ4n) is 3.84. The first kappa shape index (κ1) is 24.1. The van der Waals surface area contributed by atoms with Gasteiger partial charge < -0.3 is 15.0 Å². The van der Waals surface area contributed by atoms with Gasteiger partial charge in [0.05, 0.1) is 24.9 Å². The smallest absolute Gasteiger partial charge is 0.392 e. The Hall–Kier alpha value is -3.03.